The number of hydrogen-bond donors (Lipinski definition) is 0. The smallest absolute Gasteiger partial charge is 0.196 e. The summed E-state index contributed by atoms with van der Waals surface area (Å²) in [5.74, 6) is 0.893. The van der Waals surface area contributed by atoms with Gasteiger partial charge in [-0.2, -0.15) is 11.3 Å². The van der Waals surface area contributed by atoms with E-state index in [0.29, 0.717) is 0 Å². The maximum atomic E-state index is 6.11. The Morgan fingerprint density at radius 3 is 2.77 bits per heavy atom. The van der Waals surface area contributed by atoms with Crippen molar-refractivity contribution in [3.63, 3.8) is 0 Å². The molecule has 5 heterocycles. The van der Waals surface area contributed by atoms with Crippen LogP contribution in [-0.4, -0.2) is 46.0 Å². The predicted molar refractivity (Wildman–Crippen MR) is 122 cm³/mol. The summed E-state index contributed by atoms with van der Waals surface area (Å²) in [4.78, 5) is 18.6. The molecule has 0 aliphatic carbocycles. The van der Waals surface area contributed by atoms with Crippen molar-refractivity contribution in [3.8, 4) is 10.6 Å². The summed E-state index contributed by atoms with van der Waals surface area (Å²) in [6, 6.07) is 10.2. The summed E-state index contributed by atoms with van der Waals surface area (Å²) in [6.45, 7) is 4.64. The SMILES string of the molecule is c1ccc2c(c1)oc1c(N3CCN(Cc4csc(-c5ccsc5)n4)CC3)ncnc12. The van der Waals surface area contributed by atoms with Crippen molar-refractivity contribution < 1.29 is 4.42 Å². The average Bonchev–Trinajstić information content (AvgIpc) is 3.53. The molecule has 1 saturated heterocycles. The van der Waals surface area contributed by atoms with E-state index < -0.39 is 0 Å². The fraction of sp³-hybridized carbons (Fsp3) is 0.227. The molecule has 1 aliphatic rings. The van der Waals surface area contributed by atoms with Gasteiger partial charge in [0.2, 0.25) is 0 Å². The minimum atomic E-state index is 0.784. The monoisotopic (exact) mass is 433 g/mol. The lowest BCUT2D eigenvalue weighted by Gasteiger charge is -2.34. The highest BCUT2D eigenvalue weighted by Crippen LogP contribution is 2.32. The number of hydrogen-bond acceptors (Lipinski definition) is 8. The summed E-state index contributed by atoms with van der Waals surface area (Å²) in [5, 5.41) is 8.59. The van der Waals surface area contributed by atoms with Gasteiger partial charge in [-0.1, -0.05) is 12.1 Å². The normalized spacial score (nSPS) is 15.4. The molecule has 0 radical (unpaired) electrons. The Morgan fingerprint density at radius 1 is 1.00 bits per heavy atom. The number of aromatic nitrogens is 3. The summed E-state index contributed by atoms with van der Waals surface area (Å²) >= 11 is 3.44. The lowest BCUT2D eigenvalue weighted by Crippen LogP contribution is -2.46. The third-order valence-corrected chi connectivity index (χ3v) is 7.14. The zero-order chi connectivity index (χ0) is 19.9. The molecule has 8 heteroatoms. The van der Waals surface area contributed by atoms with Crippen LogP contribution in [0, 0.1) is 0 Å². The largest absolute Gasteiger partial charge is 0.450 e. The topological polar surface area (TPSA) is 58.3 Å². The molecule has 0 amide bonds. The first-order valence-electron chi connectivity index (χ1n) is 9.92. The minimum Gasteiger partial charge on any atom is -0.450 e. The first-order valence-corrected chi connectivity index (χ1v) is 11.7. The van der Waals surface area contributed by atoms with Crippen LogP contribution in [0.5, 0.6) is 0 Å². The number of benzene rings is 1. The van der Waals surface area contributed by atoms with Gasteiger partial charge in [-0.15, -0.1) is 11.3 Å². The van der Waals surface area contributed by atoms with Crippen molar-refractivity contribution in [2.24, 2.45) is 0 Å². The van der Waals surface area contributed by atoms with Gasteiger partial charge in [-0.05, 0) is 23.6 Å². The van der Waals surface area contributed by atoms with Gasteiger partial charge >= 0.3 is 0 Å². The molecule has 5 aromatic rings. The third kappa shape index (κ3) is 3.17. The van der Waals surface area contributed by atoms with Crippen LogP contribution in [0.15, 0.2) is 57.2 Å². The molecule has 0 N–H and O–H groups in total. The van der Waals surface area contributed by atoms with E-state index in [1.54, 1.807) is 29.0 Å². The van der Waals surface area contributed by atoms with E-state index in [9.17, 15) is 0 Å². The second kappa shape index (κ2) is 7.46. The Morgan fingerprint density at radius 2 is 1.90 bits per heavy atom. The molecule has 1 aliphatic heterocycles. The van der Waals surface area contributed by atoms with E-state index in [-0.39, 0.29) is 0 Å². The molecule has 4 aromatic heterocycles. The maximum absolute atomic E-state index is 6.11. The van der Waals surface area contributed by atoms with Crippen molar-refractivity contribution in [1.29, 1.82) is 0 Å². The molecule has 0 atom stereocenters. The summed E-state index contributed by atoms with van der Waals surface area (Å²) < 4.78 is 6.11. The number of rotatable bonds is 4. The standard InChI is InChI=1S/C22H19N5OS2/c1-2-4-18-17(3-1)19-20(28-18)21(24-14-23-19)27-8-6-26(7-9-27)11-16-13-30-22(25-16)15-5-10-29-12-15/h1-5,10,12-14H,6-9,11H2. The van der Waals surface area contributed by atoms with Crippen LogP contribution in [0.3, 0.4) is 0 Å². The first-order chi connectivity index (χ1) is 14.8. The molecule has 1 fully saturated rings. The van der Waals surface area contributed by atoms with E-state index in [1.807, 2.05) is 24.3 Å². The zero-order valence-electron chi connectivity index (χ0n) is 16.2. The quantitative estimate of drug-likeness (QED) is 0.402. The number of piperazine rings is 1. The van der Waals surface area contributed by atoms with E-state index in [4.69, 9.17) is 9.40 Å². The Balaban J connectivity index is 1.18. The lowest BCUT2D eigenvalue weighted by atomic mass is 10.2. The van der Waals surface area contributed by atoms with E-state index in [0.717, 1.165) is 71.3 Å². The second-order valence-electron chi connectivity index (χ2n) is 7.39. The zero-order valence-corrected chi connectivity index (χ0v) is 17.8. The molecule has 6 rings (SSSR count). The van der Waals surface area contributed by atoms with Gasteiger partial charge in [0.1, 0.15) is 22.4 Å². The van der Waals surface area contributed by atoms with Crippen LogP contribution < -0.4 is 4.90 Å². The first kappa shape index (κ1) is 18.0. The lowest BCUT2D eigenvalue weighted by molar-refractivity contribution is 0.247. The van der Waals surface area contributed by atoms with Crippen LogP contribution >= 0.6 is 22.7 Å². The van der Waals surface area contributed by atoms with Crippen LogP contribution in [0.2, 0.25) is 0 Å². The molecule has 150 valence electrons. The van der Waals surface area contributed by atoms with Crippen LogP contribution in [-0.2, 0) is 6.54 Å². The number of para-hydroxylation sites is 1. The Labute approximate surface area is 181 Å². The van der Waals surface area contributed by atoms with E-state index in [2.05, 4.69) is 42.0 Å². The molecule has 0 bridgehead atoms. The van der Waals surface area contributed by atoms with Crippen molar-refractivity contribution >= 4 is 50.6 Å². The van der Waals surface area contributed by atoms with Crippen molar-refractivity contribution in [2.75, 3.05) is 31.1 Å². The van der Waals surface area contributed by atoms with Crippen LogP contribution in [0.25, 0.3) is 32.6 Å². The van der Waals surface area contributed by atoms with E-state index >= 15 is 0 Å². The highest BCUT2D eigenvalue weighted by atomic mass is 32.1. The number of nitrogens with zero attached hydrogens (tertiary/aromatic N) is 5. The number of furan rings is 1. The summed E-state index contributed by atoms with van der Waals surface area (Å²) in [6.07, 6.45) is 1.65. The molecule has 0 spiro atoms. The Hall–Kier alpha value is -2.81. The summed E-state index contributed by atoms with van der Waals surface area (Å²) in [5.41, 5.74) is 4.91. The average molecular weight is 434 g/mol. The molecule has 1 aromatic carbocycles. The van der Waals surface area contributed by atoms with Gasteiger partial charge < -0.3 is 9.32 Å². The number of thiophene rings is 1. The fourth-order valence-electron chi connectivity index (χ4n) is 3.98. The van der Waals surface area contributed by atoms with Crippen LogP contribution in [0.4, 0.5) is 5.82 Å². The van der Waals surface area contributed by atoms with Crippen LogP contribution in [0.1, 0.15) is 5.69 Å². The molecular weight excluding hydrogens is 414 g/mol. The fourth-order valence-corrected chi connectivity index (χ4v) is 5.51. The highest BCUT2D eigenvalue weighted by Gasteiger charge is 2.23. The van der Waals surface area contributed by atoms with Gasteiger partial charge in [0.05, 0.1) is 5.69 Å². The third-order valence-electron chi connectivity index (χ3n) is 5.52. The van der Waals surface area contributed by atoms with Gasteiger partial charge in [-0.25, -0.2) is 15.0 Å². The minimum absolute atomic E-state index is 0.784. The van der Waals surface area contributed by atoms with Gasteiger partial charge in [0.15, 0.2) is 11.4 Å². The molecule has 0 unspecified atom stereocenters. The van der Waals surface area contributed by atoms with Crippen molar-refractivity contribution in [2.45, 2.75) is 6.54 Å². The molecule has 30 heavy (non-hydrogen) atoms. The van der Waals surface area contributed by atoms with Gasteiger partial charge in [-0.3, -0.25) is 4.90 Å². The maximum Gasteiger partial charge on any atom is 0.196 e. The number of fused-ring (bicyclic) bond motifs is 3. The Kier molecular flexibility index (Phi) is 4.48. The highest BCUT2D eigenvalue weighted by molar-refractivity contribution is 7.14. The number of anilines is 1. The number of thiazole rings is 1. The predicted octanol–water partition coefficient (Wildman–Crippen LogP) is 4.88. The van der Waals surface area contributed by atoms with Crippen molar-refractivity contribution in [3.05, 3.63) is 58.5 Å². The van der Waals surface area contributed by atoms with Gasteiger partial charge in [0, 0.05) is 54.4 Å². The molecular formula is C22H19N5OS2. The molecule has 6 nitrogen and oxygen atoms in total. The summed E-state index contributed by atoms with van der Waals surface area (Å²) in [7, 11) is 0. The van der Waals surface area contributed by atoms with Gasteiger partial charge in [0.25, 0.3) is 0 Å². The molecule has 0 saturated carbocycles. The van der Waals surface area contributed by atoms with E-state index in [1.165, 1.54) is 5.56 Å². The second-order valence-corrected chi connectivity index (χ2v) is 9.03. The Bertz CT molecular complexity index is 1300. The van der Waals surface area contributed by atoms with Crippen molar-refractivity contribution in [1.82, 2.24) is 19.9 Å².